The van der Waals surface area contributed by atoms with E-state index in [1.807, 2.05) is 0 Å². The molecule has 0 saturated heterocycles. The van der Waals surface area contributed by atoms with Crippen molar-refractivity contribution in [2.75, 3.05) is 0 Å². The van der Waals surface area contributed by atoms with Crippen molar-refractivity contribution in [1.82, 2.24) is 9.97 Å². The molecule has 0 aliphatic heterocycles. The van der Waals surface area contributed by atoms with Crippen LogP contribution in [0.3, 0.4) is 0 Å². The average molecular weight is 254 g/mol. The van der Waals surface area contributed by atoms with Crippen LogP contribution >= 0.6 is 0 Å². The van der Waals surface area contributed by atoms with E-state index in [9.17, 15) is 23.4 Å². The highest BCUT2D eigenvalue weighted by molar-refractivity contribution is 5.96. The number of alkyl halides is 3. The summed E-state index contributed by atoms with van der Waals surface area (Å²) in [6.45, 7) is 0. The molecule has 1 aliphatic rings. The third kappa shape index (κ3) is 1.33. The second kappa shape index (κ2) is 3.12. The lowest BCUT2D eigenvalue weighted by molar-refractivity contribution is -0.137. The summed E-state index contributed by atoms with van der Waals surface area (Å²) in [7, 11) is 0. The standard InChI is InChI=1S/C11H5F3N2O2/c12-11(13,14)4-1-2-5-6(3-4)16-8-7(15-5)9(17)10(8)18/h1-3,17-18H. The van der Waals surface area contributed by atoms with Gasteiger partial charge in [0.15, 0.2) is 11.5 Å². The number of aliphatic hydroxyl groups is 2. The van der Waals surface area contributed by atoms with Crippen molar-refractivity contribution in [1.29, 1.82) is 0 Å². The second-order valence-electron chi connectivity index (χ2n) is 3.82. The zero-order chi connectivity index (χ0) is 13.1. The Labute approximate surface area is 98.0 Å². The maximum atomic E-state index is 12.5. The first kappa shape index (κ1) is 10.8. The van der Waals surface area contributed by atoms with Gasteiger partial charge in [0, 0.05) is 0 Å². The van der Waals surface area contributed by atoms with Gasteiger partial charge in [0.05, 0.1) is 16.6 Å². The Balaban J connectivity index is 2.22. The largest absolute Gasteiger partial charge is 0.503 e. The van der Waals surface area contributed by atoms with Crippen LogP contribution in [0, 0.1) is 0 Å². The number of rotatable bonds is 0. The van der Waals surface area contributed by atoms with Gasteiger partial charge in [-0.15, -0.1) is 0 Å². The Bertz CT molecular complexity index is 707. The minimum Gasteiger partial charge on any atom is -0.503 e. The summed E-state index contributed by atoms with van der Waals surface area (Å²) in [5.41, 5.74) is -0.487. The van der Waals surface area contributed by atoms with E-state index in [4.69, 9.17) is 0 Å². The zero-order valence-electron chi connectivity index (χ0n) is 8.65. The highest BCUT2D eigenvalue weighted by atomic mass is 19.4. The molecule has 1 heterocycles. The molecule has 0 fully saturated rings. The maximum Gasteiger partial charge on any atom is 0.416 e. The van der Waals surface area contributed by atoms with E-state index in [0.29, 0.717) is 0 Å². The molecule has 18 heavy (non-hydrogen) atoms. The van der Waals surface area contributed by atoms with Crippen molar-refractivity contribution in [3.63, 3.8) is 0 Å². The number of nitrogens with zero attached hydrogens (tertiary/aromatic N) is 2. The topological polar surface area (TPSA) is 66.2 Å². The third-order valence-electron chi connectivity index (χ3n) is 2.66. The molecule has 2 aromatic rings. The molecule has 0 bridgehead atoms. The molecular formula is C11H5F3N2O2. The molecular weight excluding hydrogens is 249 g/mol. The SMILES string of the molecule is OC1=C(O)c2nc3cc(C(F)(F)F)ccc3nc21. The Hall–Kier alpha value is -2.31. The van der Waals surface area contributed by atoms with Gasteiger partial charge < -0.3 is 10.2 Å². The number of aromatic nitrogens is 2. The number of hydrogen-bond acceptors (Lipinski definition) is 4. The first-order valence-corrected chi connectivity index (χ1v) is 4.90. The summed E-state index contributed by atoms with van der Waals surface area (Å²) in [5, 5.41) is 18.5. The summed E-state index contributed by atoms with van der Waals surface area (Å²) in [6.07, 6.45) is -4.46. The first-order valence-electron chi connectivity index (χ1n) is 4.90. The summed E-state index contributed by atoms with van der Waals surface area (Å²) < 4.78 is 37.5. The van der Waals surface area contributed by atoms with Crippen LogP contribution in [0.15, 0.2) is 18.2 Å². The van der Waals surface area contributed by atoms with Crippen molar-refractivity contribution in [3.05, 3.63) is 35.2 Å². The number of aliphatic hydroxyl groups excluding tert-OH is 2. The molecule has 1 aromatic carbocycles. The molecule has 4 nitrogen and oxygen atoms in total. The summed E-state index contributed by atoms with van der Waals surface area (Å²) in [4.78, 5) is 7.76. The van der Waals surface area contributed by atoms with E-state index in [0.717, 1.165) is 12.1 Å². The molecule has 0 saturated carbocycles. The molecule has 92 valence electrons. The van der Waals surface area contributed by atoms with Crippen LogP contribution in [-0.4, -0.2) is 20.2 Å². The van der Waals surface area contributed by atoms with Crippen LogP contribution < -0.4 is 0 Å². The lowest BCUT2D eigenvalue weighted by atomic mass is 10.0. The quantitative estimate of drug-likeness (QED) is 0.758. The lowest BCUT2D eigenvalue weighted by Gasteiger charge is -2.17. The Morgan fingerprint density at radius 1 is 0.889 bits per heavy atom. The number of benzene rings is 1. The lowest BCUT2D eigenvalue weighted by Crippen LogP contribution is -2.12. The van der Waals surface area contributed by atoms with E-state index in [1.54, 1.807) is 0 Å². The fourth-order valence-electron chi connectivity index (χ4n) is 1.72. The van der Waals surface area contributed by atoms with Gasteiger partial charge in [0.2, 0.25) is 0 Å². The van der Waals surface area contributed by atoms with Crippen LogP contribution in [-0.2, 0) is 6.18 Å². The minimum absolute atomic E-state index is 0.0133. The fraction of sp³-hybridized carbons (Fsp3) is 0.0909. The average Bonchev–Trinajstić information content (AvgIpc) is 2.34. The molecule has 1 aliphatic carbocycles. The van der Waals surface area contributed by atoms with Gasteiger partial charge in [-0.1, -0.05) is 0 Å². The van der Waals surface area contributed by atoms with Crippen LogP contribution in [0.25, 0.3) is 22.6 Å². The van der Waals surface area contributed by atoms with Gasteiger partial charge in [0.1, 0.15) is 11.4 Å². The Kier molecular flexibility index (Phi) is 1.88. The third-order valence-corrected chi connectivity index (χ3v) is 2.66. The molecule has 0 radical (unpaired) electrons. The molecule has 0 spiro atoms. The van der Waals surface area contributed by atoms with Crippen LogP contribution in [0.1, 0.15) is 17.0 Å². The molecule has 0 unspecified atom stereocenters. The van der Waals surface area contributed by atoms with E-state index < -0.39 is 17.5 Å². The summed E-state index contributed by atoms with van der Waals surface area (Å²) >= 11 is 0. The molecule has 3 rings (SSSR count). The van der Waals surface area contributed by atoms with Gasteiger partial charge in [-0.2, -0.15) is 13.2 Å². The van der Waals surface area contributed by atoms with Gasteiger partial charge in [0.25, 0.3) is 0 Å². The molecule has 0 atom stereocenters. The van der Waals surface area contributed by atoms with E-state index >= 15 is 0 Å². The van der Waals surface area contributed by atoms with Crippen molar-refractivity contribution in [2.45, 2.75) is 6.18 Å². The Morgan fingerprint density at radius 2 is 1.44 bits per heavy atom. The smallest absolute Gasteiger partial charge is 0.416 e. The number of fused-ring (bicyclic) bond motifs is 2. The van der Waals surface area contributed by atoms with Gasteiger partial charge >= 0.3 is 6.18 Å². The maximum absolute atomic E-state index is 12.5. The molecule has 0 amide bonds. The van der Waals surface area contributed by atoms with E-state index in [1.165, 1.54) is 6.07 Å². The Morgan fingerprint density at radius 3 is 2.00 bits per heavy atom. The van der Waals surface area contributed by atoms with Crippen molar-refractivity contribution in [3.8, 4) is 0 Å². The molecule has 2 N–H and O–H groups in total. The van der Waals surface area contributed by atoms with Gasteiger partial charge in [-0.05, 0) is 18.2 Å². The number of halogens is 3. The van der Waals surface area contributed by atoms with Crippen LogP contribution in [0.5, 0.6) is 0 Å². The number of hydrogen-bond donors (Lipinski definition) is 2. The predicted octanol–water partition coefficient (Wildman–Crippen LogP) is 2.90. The van der Waals surface area contributed by atoms with E-state index in [-0.39, 0.29) is 28.2 Å². The van der Waals surface area contributed by atoms with Crippen molar-refractivity contribution < 1.29 is 23.4 Å². The van der Waals surface area contributed by atoms with Crippen LogP contribution in [0.4, 0.5) is 13.2 Å². The first-order chi connectivity index (χ1) is 8.38. The fourth-order valence-corrected chi connectivity index (χ4v) is 1.72. The zero-order valence-corrected chi connectivity index (χ0v) is 8.65. The van der Waals surface area contributed by atoms with Crippen LogP contribution in [0.2, 0.25) is 0 Å². The second-order valence-corrected chi connectivity index (χ2v) is 3.82. The van der Waals surface area contributed by atoms with E-state index in [2.05, 4.69) is 9.97 Å². The van der Waals surface area contributed by atoms with Gasteiger partial charge in [-0.25, -0.2) is 9.97 Å². The predicted molar refractivity (Wildman–Crippen MR) is 56.6 cm³/mol. The molecule has 7 heteroatoms. The summed E-state index contributed by atoms with van der Waals surface area (Å²) in [5.74, 6) is -0.837. The highest BCUT2D eigenvalue weighted by Crippen LogP contribution is 2.36. The summed E-state index contributed by atoms with van der Waals surface area (Å²) in [6, 6.07) is 2.92. The van der Waals surface area contributed by atoms with Crippen molar-refractivity contribution in [2.24, 2.45) is 0 Å². The van der Waals surface area contributed by atoms with Crippen molar-refractivity contribution >= 4 is 22.6 Å². The molecule has 1 aromatic heterocycles. The van der Waals surface area contributed by atoms with Gasteiger partial charge in [-0.3, -0.25) is 0 Å². The normalized spacial score (nSPS) is 14.6. The monoisotopic (exact) mass is 254 g/mol. The minimum atomic E-state index is -4.46. The highest BCUT2D eigenvalue weighted by Gasteiger charge is 2.33.